The molecule has 1 aromatic rings. The molecule has 0 radical (unpaired) electrons. The van der Waals surface area contributed by atoms with Crippen LogP contribution in [-0.4, -0.2) is 28.7 Å². The van der Waals surface area contributed by atoms with Crippen LogP contribution < -0.4 is 5.32 Å². The average Bonchev–Trinajstić information content (AvgIpc) is 2.58. The van der Waals surface area contributed by atoms with Gasteiger partial charge in [-0.05, 0) is 95.6 Å². The van der Waals surface area contributed by atoms with Gasteiger partial charge in [0.25, 0.3) is 0 Å². The zero-order valence-corrected chi connectivity index (χ0v) is 18.7. The van der Waals surface area contributed by atoms with E-state index in [1.54, 1.807) is 12.2 Å². The third kappa shape index (κ3) is 6.33. The van der Waals surface area contributed by atoms with Crippen molar-refractivity contribution in [2.24, 2.45) is 5.92 Å². The zero-order chi connectivity index (χ0) is 21.8. The van der Waals surface area contributed by atoms with Gasteiger partial charge in [0, 0.05) is 28.6 Å². The van der Waals surface area contributed by atoms with Crippen LogP contribution in [0.2, 0.25) is 0 Å². The molecule has 1 aliphatic rings. The van der Waals surface area contributed by atoms with Crippen molar-refractivity contribution >= 4 is 23.2 Å². The molecule has 2 rings (SSSR count). The van der Waals surface area contributed by atoms with Crippen LogP contribution in [-0.2, 0) is 0 Å². The van der Waals surface area contributed by atoms with E-state index in [2.05, 4.69) is 33.0 Å². The summed E-state index contributed by atoms with van der Waals surface area (Å²) in [6.45, 7) is 12.9. The number of piperidine rings is 1. The van der Waals surface area contributed by atoms with E-state index < -0.39 is 0 Å². The standard InChI is InChI=1S/C25H36N4/c1-7-19(16-26)20-8-10-22(17(2)12-20)23(28)11-9-21(27)13-18-14-24(3,4)29-25(5,6)15-18/h7-12,16,18,26-29H,13-15H2,1-6H3/b11-9-,19-7+,26-16?,27-21?,28-23?. The van der Waals surface area contributed by atoms with E-state index in [0.29, 0.717) is 17.3 Å². The maximum Gasteiger partial charge on any atom is 0.0615 e. The van der Waals surface area contributed by atoms with Gasteiger partial charge in [0.15, 0.2) is 0 Å². The fourth-order valence-electron chi connectivity index (χ4n) is 4.81. The van der Waals surface area contributed by atoms with Gasteiger partial charge in [-0.1, -0.05) is 24.3 Å². The maximum absolute atomic E-state index is 8.42. The van der Waals surface area contributed by atoms with Crippen molar-refractivity contribution in [1.29, 1.82) is 16.2 Å². The highest BCUT2D eigenvalue weighted by molar-refractivity contribution is 6.12. The van der Waals surface area contributed by atoms with Crippen LogP contribution in [0.1, 0.15) is 70.6 Å². The molecule has 0 unspecified atom stereocenters. The van der Waals surface area contributed by atoms with Gasteiger partial charge in [-0.3, -0.25) is 0 Å². The van der Waals surface area contributed by atoms with E-state index >= 15 is 0 Å². The first kappa shape index (κ1) is 23.0. The minimum atomic E-state index is 0.0875. The Morgan fingerprint density at radius 1 is 1.10 bits per heavy atom. The summed E-state index contributed by atoms with van der Waals surface area (Å²) in [5.41, 5.74) is 4.91. The molecule has 0 bridgehead atoms. The molecule has 0 aromatic heterocycles. The van der Waals surface area contributed by atoms with Crippen molar-refractivity contribution in [3.63, 3.8) is 0 Å². The van der Waals surface area contributed by atoms with Gasteiger partial charge in [0.05, 0.1) is 5.71 Å². The van der Waals surface area contributed by atoms with Crippen LogP contribution in [0.4, 0.5) is 0 Å². The smallest absolute Gasteiger partial charge is 0.0615 e. The molecule has 1 fully saturated rings. The number of aryl methyl sites for hydroxylation is 1. The highest BCUT2D eigenvalue weighted by Crippen LogP contribution is 2.34. The molecular weight excluding hydrogens is 356 g/mol. The molecule has 1 heterocycles. The quantitative estimate of drug-likeness (QED) is 0.425. The molecule has 4 nitrogen and oxygen atoms in total. The summed E-state index contributed by atoms with van der Waals surface area (Å²) in [5, 5.41) is 28.0. The Hall–Kier alpha value is -2.33. The zero-order valence-electron chi connectivity index (χ0n) is 18.7. The Bertz CT molecular complexity index is 840. The molecule has 4 N–H and O–H groups in total. The summed E-state index contributed by atoms with van der Waals surface area (Å²) in [6.07, 6.45) is 9.67. The van der Waals surface area contributed by atoms with Crippen LogP contribution in [0.3, 0.4) is 0 Å². The number of rotatable bonds is 7. The fourth-order valence-corrected chi connectivity index (χ4v) is 4.81. The molecule has 1 saturated heterocycles. The SMILES string of the molecule is C/C=C(\C=N)c1ccc(C(=N)/C=C\C(=N)CC2CC(C)(C)NC(C)(C)C2)c(C)c1. The second-order valence-corrected chi connectivity index (χ2v) is 9.56. The minimum Gasteiger partial charge on any atom is -0.308 e. The normalized spacial score (nSPS) is 19.3. The molecule has 0 saturated carbocycles. The van der Waals surface area contributed by atoms with E-state index in [9.17, 15) is 0 Å². The Balaban J connectivity index is 2.05. The van der Waals surface area contributed by atoms with Gasteiger partial charge in [-0.15, -0.1) is 0 Å². The summed E-state index contributed by atoms with van der Waals surface area (Å²) < 4.78 is 0. The first-order chi connectivity index (χ1) is 13.5. The molecule has 0 amide bonds. The van der Waals surface area contributed by atoms with Crippen LogP contribution in [0, 0.1) is 29.1 Å². The highest BCUT2D eigenvalue weighted by Gasteiger charge is 2.37. The number of hydrogen-bond donors (Lipinski definition) is 4. The van der Waals surface area contributed by atoms with Crippen LogP contribution in [0.25, 0.3) is 5.57 Å². The Kier molecular flexibility index (Phi) is 7.12. The van der Waals surface area contributed by atoms with Gasteiger partial charge >= 0.3 is 0 Å². The van der Waals surface area contributed by atoms with E-state index in [4.69, 9.17) is 16.2 Å². The molecule has 0 atom stereocenters. The Morgan fingerprint density at radius 2 is 1.72 bits per heavy atom. The van der Waals surface area contributed by atoms with E-state index in [1.807, 2.05) is 38.1 Å². The van der Waals surface area contributed by atoms with E-state index in [-0.39, 0.29) is 11.1 Å². The van der Waals surface area contributed by atoms with Gasteiger partial charge in [-0.2, -0.15) is 0 Å². The summed E-state index contributed by atoms with van der Waals surface area (Å²) in [6, 6.07) is 5.91. The van der Waals surface area contributed by atoms with E-state index in [1.165, 1.54) is 6.21 Å². The fraction of sp³-hybridized carbons (Fsp3) is 0.480. The first-order valence-electron chi connectivity index (χ1n) is 10.4. The van der Waals surface area contributed by atoms with Gasteiger partial charge < -0.3 is 21.5 Å². The second kappa shape index (κ2) is 9.00. The Morgan fingerprint density at radius 3 is 2.24 bits per heavy atom. The lowest BCUT2D eigenvalue weighted by Crippen LogP contribution is -2.57. The lowest BCUT2D eigenvalue weighted by atomic mass is 9.74. The third-order valence-electron chi connectivity index (χ3n) is 5.55. The van der Waals surface area contributed by atoms with Crippen molar-refractivity contribution in [3.05, 3.63) is 53.1 Å². The minimum absolute atomic E-state index is 0.0875. The summed E-state index contributed by atoms with van der Waals surface area (Å²) in [4.78, 5) is 0. The van der Waals surface area contributed by atoms with Crippen molar-refractivity contribution < 1.29 is 0 Å². The summed E-state index contributed by atoms with van der Waals surface area (Å²) in [7, 11) is 0. The molecule has 1 aromatic carbocycles. The lowest BCUT2D eigenvalue weighted by molar-refractivity contribution is 0.132. The topological polar surface area (TPSA) is 83.6 Å². The predicted octanol–water partition coefficient (Wildman–Crippen LogP) is 5.94. The average molecular weight is 393 g/mol. The molecule has 0 aliphatic carbocycles. The van der Waals surface area contributed by atoms with Gasteiger partial charge in [0.1, 0.15) is 0 Å². The highest BCUT2D eigenvalue weighted by atomic mass is 15.0. The third-order valence-corrected chi connectivity index (χ3v) is 5.55. The number of benzene rings is 1. The number of nitrogens with one attached hydrogen (secondary N) is 4. The number of allylic oxidation sites excluding steroid dienone is 4. The van der Waals surface area contributed by atoms with E-state index in [0.717, 1.165) is 41.5 Å². The lowest BCUT2D eigenvalue weighted by Gasteiger charge is -2.46. The summed E-state index contributed by atoms with van der Waals surface area (Å²) >= 11 is 0. The molecule has 156 valence electrons. The second-order valence-electron chi connectivity index (χ2n) is 9.56. The largest absolute Gasteiger partial charge is 0.308 e. The monoisotopic (exact) mass is 392 g/mol. The first-order valence-corrected chi connectivity index (χ1v) is 10.4. The Labute approximate surface area is 176 Å². The van der Waals surface area contributed by atoms with Crippen molar-refractivity contribution in [1.82, 2.24) is 5.32 Å². The van der Waals surface area contributed by atoms with Crippen molar-refractivity contribution in [2.75, 3.05) is 0 Å². The van der Waals surface area contributed by atoms with Crippen LogP contribution >= 0.6 is 0 Å². The van der Waals surface area contributed by atoms with Crippen LogP contribution in [0.15, 0.2) is 36.4 Å². The van der Waals surface area contributed by atoms with Crippen molar-refractivity contribution in [2.45, 2.75) is 71.9 Å². The molecule has 29 heavy (non-hydrogen) atoms. The maximum atomic E-state index is 8.42. The predicted molar refractivity (Wildman–Crippen MR) is 126 cm³/mol. The van der Waals surface area contributed by atoms with Crippen LogP contribution in [0.5, 0.6) is 0 Å². The van der Waals surface area contributed by atoms with Gasteiger partial charge in [0.2, 0.25) is 0 Å². The summed E-state index contributed by atoms with van der Waals surface area (Å²) in [5.74, 6) is 0.481. The number of hydrogen-bond acceptors (Lipinski definition) is 4. The molecule has 4 heteroatoms. The van der Waals surface area contributed by atoms with Gasteiger partial charge in [-0.25, -0.2) is 0 Å². The molecular formula is C25H36N4. The molecule has 0 spiro atoms. The van der Waals surface area contributed by atoms with Crippen molar-refractivity contribution in [3.8, 4) is 0 Å². The molecule has 1 aliphatic heterocycles.